The van der Waals surface area contributed by atoms with E-state index in [1.165, 1.54) is 0 Å². The number of esters is 2. The molecule has 3 nitrogen and oxygen atoms in total. The van der Waals surface area contributed by atoms with E-state index in [1.807, 2.05) is 0 Å². The summed E-state index contributed by atoms with van der Waals surface area (Å²) in [4.78, 5) is 20.7. The molecule has 0 aromatic carbocycles. The molecule has 4 heteroatoms. The van der Waals surface area contributed by atoms with Gasteiger partial charge in [0.25, 0.3) is 0 Å². The number of ether oxygens (including phenoxy) is 1. The van der Waals surface area contributed by atoms with Crippen LogP contribution >= 0.6 is 11.6 Å². The van der Waals surface area contributed by atoms with E-state index in [-0.39, 0.29) is 12.0 Å². The molecule has 1 aliphatic heterocycles. The van der Waals surface area contributed by atoms with Gasteiger partial charge >= 0.3 is 11.9 Å². The number of hydrogen-bond acceptors (Lipinski definition) is 3. The molecule has 0 amide bonds. The van der Waals surface area contributed by atoms with Crippen LogP contribution in [0.5, 0.6) is 0 Å². The Hall–Kier alpha value is -0.830. The van der Waals surface area contributed by atoms with Crippen molar-refractivity contribution in [1.29, 1.82) is 0 Å². The average molecular weight is 147 g/mol. The second kappa shape index (κ2) is 2.19. The number of carbonyl (C=O) groups excluding carboxylic acids is 2. The number of halogens is 1. The maximum Gasteiger partial charge on any atom is 0.343 e. The van der Waals surface area contributed by atoms with Crippen LogP contribution in [0.25, 0.3) is 0 Å². The normalized spacial score (nSPS) is 23.0. The Morgan fingerprint density at radius 2 is 2.22 bits per heavy atom. The molecule has 1 saturated heterocycles. The molecule has 0 atom stereocenters. The first kappa shape index (κ1) is 6.29. The van der Waals surface area contributed by atoms with Crippen molar-refractivity contribution < 1.29 is 14.3 Å². The molecule has 0 bridgehead atoms. The maximum absolute atomic E-state index is 10.4. The van der Waals surface area contributed by atoms with Crippen LogP contribution in [0.3, 0.4) is 0 Å². The van der Waals surface area contributed by atoms with Crippen LogP contribution in [0.4, 0.5) is 0 Å². The third kappa shape index (κ3) is 1.10. The number of hydrogen-bond donors (Lipinski definition) is 0. The lowest BCUT2D eigenvalue weighted by molar-refractivity contribution is -0.151. The summed E-state index contributed by atoms with van der Waals surface area (Å²) in [7, 11) is 0. The zero-order chi connectivity index (χ0) is 6.85. The van der Waals surface area contributed by atoms with Gasteiger partial charge in [-0.05, 0) is 0 Å². The standard InChI is InChI=1S/C5H3ClO3/c6-2-3-1-4(7)9-5(3)8/h2H,1H2. The summed E-state index contributed by atoms with van der Waals surface area (Å²) in [5.41, 5.74) is 1.29. The SMILES string of the molecule is O=C1CC(=CCl)C(=O)O1. The summed E-state index contributed by atoms with van der Waals surface area (Å²) in [5.74, 6) is -1.16. The fraction of sp³-hybridized carbons (Fsp3) is 0.200. The summed E-state index contributed by atoms with van der Waals surface area (Å²) in [5, 5.41) is 0. The first-order chi connectivity index (χ1) is 4.24. The van der Waals surface area contributed by atoms with Crippen LogP contribution in [-0.4, -0.2) is 11.9 Å². The van der Waals surface area contributed by atoms with E-state index < -0.39 is 11.9 Å². The molecule has 0 unspecified atom stereocenters. The monoisotopic (exact) mass is 146 g/mol. The highest BCUT2D eigenvalue weighted by atomic mass is 35.5. The van der Waals surface area contributed by atoms with Crippen molar-refractivity contribution in [3.05, 3.63) is 11.1 Å². The highest BCUT2D eigenvalue weighted by Gasteiger charge is 2.26. The molecule has 1 heterocycles. The van der Waals surface area contributed by atoms with Gasteiger partial charge in [0.15, 0.2) is 0 Å². The van der Waals surface area contributed by atoms with E-state index >= 15 is 0 Å². The molecule has 1 aliphatic rings. The summed E-state index contributed by atoms with van der Waals surface area (Å²) < 4.78 is 4.13. The lowest BCUT2D eigenvalue weighted by Gasteiger charge is -1.81. The molecule has 9 heavy (non-hydrogen) atoms. The van der Waals surface area contributed by atoms with Crippen LogP contribution < -0.4 is 0 Å². The van der Waals surface area contributed by atoms with E-state index in [0.29, 0.717) is 0 Å². The van der Waals surface area contributed by atoms with Crippen LogP contribution in [0, 0.1) is 0 Å². The lowest BCUT2D eigenvalue weighted by Crippen LogP contribution is -1.96. The highest BCUT2D eigenvalue weighted by Crippen LogP contribution is 2.14. The molecular formula is C5H3ClO3. The number of carbonyl (C=O) groups is 2. The molecule has 0 radical (unpaired) electrons. The Kier molecular flexibility index (Phi) is 1.53. The minimum atomic E-state index is -0.630. The summed E-state index contributed by atoms with van der Waals surface area (Å²) in [6.45, 7) is 0. The van der Waals surface area contributed by atoms with Crippen LogP contribution in [0.15, 0.2) is 11.1 Å². The molecule has 0 spiro atoms. The second-order valence-corrected chi connectivity index (χ2v) is 1.79. The summed E-state index contributed by atoms with van der Waals surface area (Å²) in [6.07, 6.45) is 0.00231. The molecule has 0 aromatic heterocycles. The van der Waals surface area contributed by atoms with Gasteiger partial charge in [0, 0.05) is 5.54 Å². The van der Waals surface area contributed by atoms with Gasteiger partial charge in [-0.15, -0.1) is 0 Å². The zero-order valence-electron chi connectivity index (χ0n) is 4.39. The van der Waals surface area contributed by atoms with Crippen LogP contribution in [-0.2, 0) is 14.3 Å². The largest absolute Gasteiger partial charge is 0.389 e. The molecule has 0 N–H and O–H groups in total. The maximum atomic E-state index is 10.4. The predicted octanol–water partition coefficient (Wildman–Crippen LogP) is 0.583. The average Bonchev–Trinajstić information content (AvgIpc) is 2.10. The van der Waals surface area contributed by atoms with Gasteiger partial charge in [0.05, 0.1) is 12.0 Å². The van der Waals surface area contributed by atoms with Gasteiger partial charge in [-0.25, -0.2) is 4.79 Å². The Morgan fingerprint density at radius 1 is 1.56 bits per heavy atom. The van der Waals surface area contributed by atoms with E-state index in [1.54, 1.807) is 0 Å². The Bertz CT molecular complexity index is 194. The van der Waals surface area contributed by atoms with Crippen molar-refractivity contribution in [2.45, 2.75) is 6.42 Å². The molecular weight excluding hydrogens is 144 g/mol. The van der Waals surface area contributed by atoms with Crippen LogP contribution in [0.1, 0.15) is 6.42 Å². The second-order valence-electron chi connectivity index (χ2n) is 1.57. The summed E-state index contributed by atoms with van der Waals surface area (Å²) >= 11 is 5.15. The smallest absolute Gasteiger partial charge is 0.343 e. The molecule has 48 valence electrons. The third-order valence-electron chi connectivity index (χ3n) is 0.935. The van der Waals surface area contributed by atoms with Crippen molar-refractivity contribution in [2.24, 2.45) is 0 Å². The lowest BCUT2D eigenvalue weighted by atomic mass is 10.3. The van der Waals surface area contributed by atoms with E-state index in [0.717, 1.165) is 5.54 Å². The fourth-order valence-electron chi connectivity index (χ4n) is 0.516. The van der Waals surface area contributed by atoms with Gasteiger partial charge in [-0.3, -0.25) is 4.79 Å². The molecule has 0 aromatic rings. The Labute approximate surface area is 56.2 Å². The van der Waals surface area contributed by atoms with E-state index in [9.17, 15) is 9.59 Å². The molecule has 0 saturated carbocycles. The van der Waals surface area contributed by atoms with Crippen molar-refractivity contribution >= 4 is 23.5 Å². The minimum absolute atomic E-state index is 0.00231. The number of cyclic esters (lactones) is 2. The summed E-state index contributed by atoms with van der Waals surface area (Å²) in [6, 6.07) is 0. The highest BCUT2D eigenvalue weighted by molar-refractivity contribution is 6.28. The minimum Gasteiger partial charge on any atom is -0.389 e. The predicted molar refractivity (Wildman–Crippen MR) is 29.7 cm³/mol. The molecule has 0 aliphatic carbocycles. The van der Waals surface area contributed by atoms with Crippen molar-refractivity contribution in [3.63, 3.8) is 0 Å². The van der Waals surface area contributed by atoms with Crippen molar-refractivity contribution in [3.8, 4) is 0 Å². The zero-order valence-corrected chi connectivity index (χ0v) is 5.14. The van der Waals surface area contributed by atoms with E-state index in [2.05, 4.69) is 4.74 Å². The topological polar surface area (TPSA) is 43.4 Å². The Morgan fingerprint density at radius 3 is 2.44 bits per heavy atom. The van der Waals surface area contributed by atoms with Gasteiger partial charge in [0.2, 0.25) is 0 Å². The van der Waals surface area contributed by atoms with Gasteiger partial charge in [0.1, 0.15) is 0 Å². The van der Waals surface area contributed by atoms with Gasteiger partial charge < -0.3 is 4.74 Å². The van der Waals surface area contributed by atoms with Crippen molar-refractivity contribution in [1.82, 2.24) is 0 Å². The Balaban J connectivity index is 2.81. The van der Waals surface area contributed by atoms with E-state index in [4.69, 9.17) is 11.6 Å². The molecule has 1 fully saturated rings. The molecule has 1 rings (SSSR count). The first-order valence-electron chi connectivity index (χ1n) is 2.28. The fourth-order valence-corrected chi connectivity index (χ4v) is 0.682. The third-order valence-corrected chi connectivity index (χ3v) is 1.20. The number of rotatable bonds is 0. The quantitative estimate of drug-likeness (QED) is 0.285. The van der Waals surface area contributed by atoms with Gasteiger partial charge in [-0.1, -0.05) is 11.6 Å². The van der Waals surface area contributed by atoms with Crippen LogP contribution in [0.2, 0.25) is 0 Å². The van der Waals surface area contributed by atoms with Gasteiger partial charge in [-0.2, -0.15) is 0 Å². The van der Waals surface area contributed by atoms with Crippen molar-refractivity contribution in [2.75, 3.05) is 0 Å². The first-order valence-corrected chi connectivity index (χ1v) is 2.72.